The Morgan fingerprint density at radius 2 is 1.48 bits per heavy atom. The lowest BCUT2D eigenvalue weighted by Gasteiger charge is -2.34. The van der Waals surface area contributed by atoms with E-state index in [9.17, 15) is 10.5 Å². The van der Waals surface area contributed by atoms with Gasteiger partial charge in [0.05, 0.1) is 11.4 Å². The first-order valence-corrected chi connectivity index (χ1v) is 10.2. The minimum Gasteiger partial charge on any atom is -0.309 e. The highest BCUT2D eigenvalue weighted by atomic mass is 15.2. The second-order valence-electron chi connectivity index (χ2n) is 7.88. The van der Waals surface area contributed by atoms with Gasteiger partial charge in [-0.05, 0) is 66.8 Å². The summed E-state index contributed by atoms with van der Waals surface area (Å²) in [5, 5.41) is 20.7. The molecule has 0 bridgehead atoms. The molecule has 3 nitrogen and oxygen atoms in total. The third-order valence-corrected chi connectivity index (χ3v) is 5.81. The summed E-state index contributed by atoms with van der Waals surface area (Å²) in [6.07, 6.45) is 1.67. The molecular formula is C28H19N3. The van der Waals surface area contributed by atoms with Crippen LogP contribution in [0.2, 0.25) is 0 Å². The predicted octanol–water partition coefficient (Wildman–Crippen LogP) is 7.34. The minimum absolute atomic E-state index is 0.100. The molecule has 4 aromatic rings. The molecule has 4 aromatic carbocycles. The van der Waals surface area contributed by atoms with Gasteiger partial charge in [-0.25, -0.2) is 0 Å². The minimum atomic E-state index is 0.100. The number of fused-ring (bicyclic) bond motifs is 2. The SMILES string of the molecule is Cc1ccc(N2c3ccc(C)cc3-c3cccc4c(C=C(C#N)C#N)ccc2c34)cc1. The number of nitrogens with zero attached hydrogens (tertiary/aromatic N) is 3. The van der Waals surface area contributed by atoms with E-state index in [4.69, 9.17) is 0 Å². The van der Waals surface area contributed by atoms with E-state index in [0.717, 1.165) is 33.4 Å². The lowest BCUT2D eigenvalue weighted by molar-refractivity contribution is 1.27. The van der Waals surface area contributed by atoms with Crippen LogP contribution in [0.5, 0.6) is 0 Å². The van der Waals surface area contributed by atoms with Crippen molar-refractivity contribution in [1.29, 1.82) is 10.5 Å². The zero-order valence-corrected chi connectivity index (χ0v) is 17.3. The number of anilines is 3. The second-order valence-corrected chi connectivity index (χ2v) is 7.88. The van der Waals surface area contributed by atoms with E-state index in [1.165, 1.54) is 22.3 Å². The molecule has 1 heterocycles. The summed E-state index contributed by atoms with van der Waals surface area (Å²) in [6, 6.07) is 29.4. The van der Waals surface area contributed by atoms with Crippen LogP contribution in [0.15, 0.2) is 78.4 Å². The third kappa shape index (κ3) is 2.96. The molecular weight excluding hydrogens is 378 g/mol. The van der Waals surface area contributed by atoms with Crippen LogP contribution in [0.4, 0.5) is 17.1 Å². The van der Waals surface area contributed by atoms with Gasteiger partial charge in [0.1, 0.15) is 17.7 Å². The zero-order chi connectivity index (χ0) is 21.5. The third-order valence-electron chi connectivity index (χ3n) is 5.81. The molecule has 0 amide bonds. The van der Waals surface area contributed by atoms with Crippen molar-refractivity contribution in [2.75, 3.05) is 4.90 Å². The van der Waals surface area contributed by atoms with Crippen LogP contribution in [-0.4, -0.2) is 0 Å². The molecule has 0 fully saturated rings. The second kappa shape index (κ2) is 7.17. The smallest absolute Gasteiger partial charge is 0.130 e. The molecule has 1 aliphatic rings. The first-order chi connectivity index (χ1) is 15.1. The predicted molar refractivity (Wildman–Crippen MR) is 126 cm³/mol. The lowest BCUT2D eigenvalue weighted by atomic mass is 9.88. The van der Waals surface area contributed by atoms with E-state index >= 15 is 0 Å². The Morgan fingerprint density at radius 3 is 2.23 bits per heavy atom. The summed E-state index contributed by atoms with van der Waals surface area (Å²) < 4.78 is 0. The van der Waals surface area contributed by atoms with Gasteiger partial charge in [-0.1, -0.05) is 53.6 Å². The Kier molecular flexibility index (Phi) is 4.32. The fourth-order valence-corrected chi connectivity index (χ4v) is 4.35. The van der Waals surface area contributed by atoms with Crippen LogP contribution in [0.1, 0.15) is 16.7 Å². The van der Waals surface area contributed by atoms with Crippen LogP contribution in [0, 0.1) is 36.5 Å². The molecule has 0 saturated carbocycles. The first-order valence-electron chi connectivity index (χ1n) is 10.2. The van der Waals surface area contributed by atoms with Crippen molar-refractivity contribution >= 4 is 33.9 Å². The van der Waals surface area contributed by atoms with E-state index in [1.54, 1.807) is 6.08 Å². The maximum Gasteiger partial charge on any atom is 0.130 e. The van der Waals surface area contributed by atoms with Crippen molar-refractivity contribution < 1.29 is 0 Å². The molecule has 0 atom stereocenters. The average molecular weight is 397 g/mol. The van der Waals surface area contributed by atoms with Crippen molar-refractivity contribution in [2.45, 2.75) is 13.8 Å². The molecule has 0 spiro atoms. The summed E-state index contributed by atoms with van der Waals surface area (Å²) in [5.41, 5.74) is 9.09. The molecule has 0 radical (unpaired) electrons. The lowest BCUT2D eigenvalue weighted by Crippen LogP contribution is -2.15. The molecule has 0 aliphatic carbocycles. The molecule has 0 aromatic heterocycles. The van der Waals surface area contributed by atoms with Crippen LogP contribution < -0.4 is 4.90 Å². The summed E-state index contributed by atoms with van der Waals surface area (Å²) in [5.74, 6) is 0. The molecule has 31 heavy (non-hydrogen) atoms. The number of hydrogen-bond donors (Lipinski definition) is 0. The average Bonchev–Trinajstić information content (AvgIpc) is 2.80. The molecule has 3 heteroatoms. The first kappa shape index (κ1) is 18.7. The van der Waals surface area contributed by atoms with Gasteiger partial charge >= 0.3 is 0 Å². The highest BCUT2D eigenvalue weighted by Crippen LogP contribution is 2.51. The maximum absolute atomic E-state index is 9.25. The highest BCUT2D eigenvalue weighted by Gasteiger charge is 2.26. The van der Waals surface area contributed by atoms with Gasteiger partial charge in [0.25, 0.3) is 0 Å². The number of nitriles is 2. The number of benzene rings is 4. The molecule has 5 rings (SSSR count). The standard InChI is InChI=1S/C28H19N3/c1-18-6-10-22(11-7-18)31-26-12-8-19(2)14-25(26)24-5-3-4-23-21(15-20(16-29)17-30)9-13-27(31)28(23)24/h3-15H,1-2H3. The van der Waals surface area contributed by atoms with Gasteiger partial charge in [0.15, 0.2) is 0 Å². The Hall–Kier alpha value is -4.34. The topological polar surface area (TPSA) is 50.8 Å². The van der Waals surface area contributed by atoms with E-state index in [-0.39, 0.29) is 5.57 Å². The molecule has 0 N–H and O–H groups in total. The van der Waals surface area contributed by atoms with Crippen molar-refractivity contribution in [1.82, 2.24) is 0 Å². The highest BCUT2D eigenvalue weighted by molar-refractivity contribution is 6.15. The molecule has 0 unspecified atom stereocenters. The summed E-state index contributed by atoms with van der Waals surface area (Å²) in [4.78, 5) is 2.30. The number of rotatable bonds is 2. The fraction of sp³-hybridized carbons (Fsp3) is 0.0714. The Bertz CT molecular complexity index is 1450. The van der Waals surface area contributed by atoms with Gasteiger partial charge in [-0.2, -0.15) is 10.5 Å². The Morgan fingerprint density at radius 1 is 0.774 bits per heavy atom. The number of hydrogen-bond acceptors (Lipinski definition) is 3. The molecule has 1 aliphatic heterocycles. The number of aryl methyl sites for hydroxylation is 2. The van der Waals surface area contributed by atoms with Gasteiger partial charge in [0, 0.05) is 16.6 Å². The van der Waals surface area contributed by atoms with Gasteiger partial charge in [-0.15, -0.1) is 0 Å². The van der Waals surface area contributed by atoms with Crippen molar-refractivity contribution in [3.05, 3.63) is 95.1 Å². The summed E-state index contributed by atoms with van der Waals surface area (Å²) in [6.45, 7) is 4.20. The summed E-state index contributed by atoms with van der Waals surface area (Å²) >= 11 is 0. The van der Waals surface area contributed by atoms with E-state index < -0.39 is 0 Å². The normalized spacial score (nSPS) is 11.4. The van der Waals surface area contributed by atoms with E-state index in [0.29, 0.717) is 0 Å². The van der Waals surface area contributed by atoms with Crippen LogP contribution in [-0.2, 0) is 0 Å². The van der Waals surface area contributed by atoms with E-state index in [2.05, 4.69) is 79.4 Å². The fourth-order valence-electron chi connectivity index (χ4n) is 4.35. The molecule has 146 valence electrons. The van der Waals surface area contributed by atoms with Crippen molar-refractivity contribution in [2.24, 2.45) is 0 Å². The van der Waals surface area contributed by atoms with Crippen LogP contribution in [0.25, 0.3) is 28.0 Å². The molecule has 0 saturated heterocycles. The number of allylic oxidation sites excluding steroid dienone is 1. The van der Waals surface area contributed by atoms with Crippen LogP contribution >= 0.6 is 0 Å². The maximum atomic E-state index is 9.25. The summed E-state index contributed by atoms with van der Waals surface area (Å²) in [7, 11) is 0. The van der Waals surface area contributed by atoms with Crippen LogP contribution in [0.3, 0.4) is 0 Å². The van der Waals surface area contributed by atoms with Gasteiger partial charge in [0.2, 0.25) is 0 Å². The monoisotopic (exact) mass is 397 g/mol. The van der Waals surface area contributed by atoms with Crippen molar-refractivity contribution in [3.63, 3.8) is 0 Å². The quantitative estimate of drug-likeness (QED) is 0.293. The van der Waals surface area contributed by atoms with Gasteiger partial charge < -0.3 is 4.90 Å². The van der Waals surface area contributed by atoms with E-state index in [1.807, 2.05) is 24.3 Å². The van der Waals surface area contributed by atoms with Gasteiger partial charge in [-0.3, -0.25) is 0 Å². The Balaban J connectivity index is 1.88. The van der Waals surface area contributed by atoms with Crippen molar-refractivity contribution in [3.8, 4) is 23.3 Å². The Labute approximate surface area is 181 Å². The zero-order valence-electron chi connectivity index (χ0n) is 17.3. The largest absolute Gasteiger partial charge is 0.309 e.